The Labute approximate surface area is 97.6 Å². The third-order valence-corrected chi connectivity index (χ3v) is 4.52. The van der Waals surface area contributed by atoms with Crippen molar-refractivity contribution in [2.75, 3.05) is 20.1 Å². The summed E-state index contributed by atoms with van der Waals surface area (Å²) in [6.45, 7) is 4.11. The lowest BCUT2D eigenvalue weighted by atomic mass is 9.96. The van der Waals surface area contributed by atoms with Gasteiger partial charge in [0.15, 0.2) is 0 Å². The number of carbonyl (C=O) groups is 1. The molecule has 3 atom stereocenters. The van der Waals surface area contributed by atoms with Crippen LogP contribution in [0.4, 0.5) is 0 Å². The fourth-order valence-corrected chi connectivity index (χ4v) is 3.04. The van der Waals surface area contributed by atoms with Crippen LogP contribution in [0.3, 0.4) is 0 Å². The summed E-state index contributed by atoms with van der Waals surface area (Å²) in [6.07, 6.45) is 4.92. The van der Waals surface area contributed by atoms with Gasteiger partial charge < -0.3 is 16.0 Å². The maximum atomic E-state index is 11.4. The molecule has 4 nitrogen and oxygen atoms in total. The van der Waals surface area contributed by atoms with Gasteiger partial charge in [-0.3, -0.25) is 4.79 Å². The average Bonchev–Trinajstić information content (AvgIpc) is 2.87. The summed E-state index contributed by atoms with van der Waals surface area (Å²) in [5.41, 5.74) is 4.87. The smallest absolute Gasteiger partial charge is 0.237 e. The lowest BCUT2D eigenvalue weighted by Gasteiger charge is -2.32. The molecular formula is C12H23N3O. The summed E-state index contributed by atoms with van der Waals surface area (Å²) in [4.78, 5) is 13.9. The largest absolute Gasteiger partial charge is 0.368 e. The Balaban J connectivity index is 1.85. The number of likely N-dealkylation sites (N-methyl/N-ethyl adjacent to an activating group) is 1. The van der Waals surface area contributed by atoms with Crippen LogP contribution in [0.15, 0.2) is 0 Å². The van der Waals surface area contributed by atoms with Crippen LogP contribution in [0.5, 0.6) is 0 Å². The van der Waals surface area contributed by atoms with Gasteiger partial charge >= 0.3 is 0 Å². The molecule has 2 aliphatic rings. The molecular weight excluding hydrogens is 202 g/mol. The van der Waals surface area contributed by atoms with Gasteiger partial charge in [-0.2, -0.15) is 0 Å². The summed E-state index contributed by atoms with van der Waals surface area (Å²) in [7, 11) is 1.81. The molecule has 1 aliphatic heterocycles. The molecule has 1 saturated heterocycles. The minimum atomic E-state index is -0.554. The highest BCUT2D eigenvalue weighted by Gasteiger charge is 2.39. The van der Waals surface area contributed by atoms with Crippen molar-refractivity contribution in [2.24, 2.45) is 11.7 Å². The van der Waals surface area contributed by atoms with E-state index < -0.39 is 5.54 Å². The number of hydrogen-bond acceptors (Lipinski definition) is 3. The van der Waals surface area contributed by atoms with Gasteiger partial charge in [0.05, 0.1) is 5.54 Å². The number of nitrogens with one attached hydrogen (secondary N) is 1. The first-order chi connectivity index (χ1) is 7.55. The van der Waals surface area contributed by atoms with Gasteiger partial charge in [0.2, 0.25) is 5.91 Å². The van der Waals surface area contributed by atoms with Gasteiger partial charge in [0.1, 0.15) is 0 Å². The van der Waals surface area contributed by atoms with Crippen molar-refractivity contribution in [2.45, 2.75) is 44.2 Å². The normalized spacial score (nSPS) is 32.9. The number of carbonyl (C=O) groups excluding carboxylic acids is 1. The Morgan fingerprint density at radius 3 is 2.75 bits per heavy atom. The second-order valence-corrected chi connectivity index (χ2v) is 5.52. The van der Waals surface area contributed by atoms with E-state index in [2.05, 4.69) is 10.2 Å². The van der Waals surface area contributed by atoms with E-state index in [1.54, 1.807) is 7.05 Å². The molecule has 92 valence electrons. The van der Waals surface area contributed by atoms with Crippen LogP contribution in [0.2, 0.25) is 0 Å². The number of fused-ring (bicyclic) bond motifs is 2. The van der Waals surface area contributed by atoms with Crippen molar-refractivity contribution in [1.29, 1.82) is 0 Å². The predicted octanol–water partition coefficient (Wildman–Crippen LogP) is 0.324. The van der Waals surface area contributed by atoms with E-state index in [-0.39, 0.29) is 5.91 Å². The van der Waals surface area contributed by atoms with Crippen LogP contribution in [0.1, 0.15) is 32.6 Å². The summed E-state index contributed by atoms with van der Waals surface area (Å²) < 4.78 is 0. The average molecular weight is 225 g/mol. The number of likely N-dealkylation sites (tertiary alicyclic amines) is 1. The second-order valence-electron chi connectivity index (χ2n) is 5.52. The molecule has 2 bridgehead atoms. The molecule has 3 unspecified atom stereocenters. The van der Waals surface area contributed by atoms with Crippen LogP contribution in [-0.4, -0.2) is 42.5 Å². The molecule has 16 heavy (non-hydrogen) atoms. The first kappa shape index (κ1) is 11.9. The van der Waals surface area contributed by atoms with Crippen LogP contribution < -0.4 is 11.1 Å². The van der Waals surface area contributed by atoms with E-state index in [0.717, 1.165) is 24.9 Å². The molecule has 0 aromatic heterocycles. The van der Waals surface area contributed by atoms with E-state index in [1.807, 2.05) is 6.92 Å². The molecule has 0 aromatic rings. The first-order valence-corrected chi connectivity index (χ1v) is 6.28. The molecule has 0 radical (unpaired) electrons. The minimum Gasteiger partial charge on any atom is -0.368 e. The van der Waals surface area contributed by atoms with Gasteiger partial charge in [0.25, 0.3) is 0 Å². The summed E-state index contributed by atoms with van der Waals surface area (Å²) in [6, 6.07) is 0.777. The summed E-state index contributed by atoms with van der Waals surface area (Å²) >= 11 is 0. The molecule has 2 rings (SSSR count). The number of nitrogens with two attached hydrogens (primary N) is 1. The molecule has 3 N–H and O–H groups in total. The van der Waals surface area contributed by atoms with Crippen LogP contribution in [-0.2, 0) is 4.79 Å². The molecule has 1 aliphatic carbocycles. The Morgan fingerprint density at radius 2 is 2.31 bits per heavy atom. The maximum Gasteiger partial charge on any atom is 0.237 e. The number of piperidine rings is 1. The molecule has 0 aromatic carbocycles. The first-order valence-electron chi connectivity index (χ1n) is 6.28. The standard InChI is InChI=1S/C12H23N3O/c1-12(14-2,11(13)16)5-6-15-8-9-3-4-10(15)7-9/h9-10,14H,3-8H2,1-2H3,(H2,13,16). The van der Waals surface area contributed by atoms with Crippen molar-refractivity contribution in [3.05, 3.63) is 0 Å². The number of rotatable bonds is 5. The fourth-order valence-electron chi connectivity index (χ4n) is 3.04. The van der Waals surface area contributed by atoms with Gasteiger partial charge in [-0.25, -0.2) is 0 Å². The van der Waals surface area contributed by atoms with E-state index in [9.17, 15) is 4.79 Å². The highest BCUT2D eigenvalue weighted by Crippen LogP contribution is 2.37. The maximum absolute atomic E-state index is 11.4. The Kier molecular flexibility index (Phi) is 3.22. The Bertz CT molecular complexity index is 281. The number of amides is 1. The molecule has 1 heterocycles. The van der Waals surface area contributed by atoms with Crippen molar-refractivity contribution < 1.29 is 4.79 Å². The van der Waals surface area contributed by atoms with Gasteiger partial charge in [-0.1, -0.05) is 0 Å². The van der Waals surface area contributed by atoms with Crippen LogP contribution >= 0.6 is 0 Å². The molecule has 1 amide bonds. The summed E-state index contributed by atoms with van der Waals surface area (Å²) in [5.74, 6) is 0.666. The molecule has 1 saturated carbocycles. The number of hydrogen-bond donors (Lipinski definition) is 2. The van der Waals surface area contributed by atoms with E-state index in [1.165, 1.54) is 25.8 Å². The summed E-state index contributed by atoms with van der Waals surface area (Å²) in [5, 5.41) is 3.04. The van der Waals surface area contributed by atoms with E-state index in [4.69, 9.17) is 5.73 Å². The van der Waals surface area contributed by atoms with E-state index in [0.29, 0.717) is 0 Å². The monoisotopic (exact) mass is 225 g/mol. The lowest BCUT2D eigenvalue weighted by Crippen LogP contribution is -2.53. The highest BCUT2D eigenvalue weighted by atomic mass is 16.1. The molecule has 0 spiro atoms. The predicted molar refractivity (Wildman–Crippen MR) is 64.0 cm³/mol. The number of nitrogens with zero attached hydrogens (tertiary/aromatic N) is 1. The van der Waals surface area contributed by atoms with Crippen LogP contribution in [0, 0.1) is 5.92 Å². The molecule has 2 fully saturated rings. The minimum absolute atomic E-state index is 0.251. The fraction of sp³-hybridized carbons (Fsp3) is 0.917. The van der Waals surface area contributed by atoms with E-state index >= 15 is 0 Å². The Hall–Kier alpha value is -0.610. The van der Waals surface area contributed by atoms with Gasteiger partial charge in [-0.15, -0.1) is 0 Å². The van der Waals surface area contributed by atoms with Gasteiger partial charge in [-0.05, 0) is 45.6 Å². The zero-order chi connectivity index (χ0) is 11.8. The SMILES string of the molecule is CNC(C)(CCN1CC2CCC1C2)C(N)=O. The van der Waals surface area contributed by atoms with Crippen molar-refractivity contribution in [3.63, 3.8) is 0 Å². The second kappa shape index (κ2) is 4.34. The molecule has 4 heteroatoms. The van der Waals surface area contributed by atoms with Crippen LogP contribution in [0.25, 0.3) is 0 Å². The van der Waals surface area contributed by atoms with Crippen molar-refractivity contribution >= 4 is 5.91 Å². The third-order valence-electron chi connectivity index (χ3n) is 4.52. The zero-order valence-corrected chi connectivity index (χ0v) is 10.3. The zero-order valence-electron chi connectivity index (χ0n) is 10.3. The quantitative estimate of drug-likeness (QED) is 0.708. The third kappa shape index (κ3) is 2.09. The van der Waals surface area contributed by atoms with Gasteiger partial charge in [0, 0.05) is 19.1 Å². The lowest BCUT2D eigenvalue weighted by molar-refractivity contribution is -0.124. The topological polar surface area (TPSA) is 58.4 Å². The van der Waals surface area contributed by atoms with Crippen molar-refractivity contribution in [1.82, 2.24) is 10.2 Å². The Morgan fingerprint density at radius 1 is 1.56 bits per heavy atom. The number of primary amides is 1. The highest BCUT2D eigenvalue weighted by molar-refractivity contribution is 5.84. The van der Waals surface area contributed by atoms with Crippen molar-refractivity contribution in [3.8, 4) is 0 Å².